The molecule has 0 saturated carbocycles. The standard InChI is InChI=1S/C27H31IO3S/c1-17-16-22(18-8-12-20(13-9-18)26(2,3)4)23(24(28)25(17)32(29,30)31)19-10-14-21(15-11-19)27(5,6)7/h8-16H,1-7H3,(H,29,30,31). The van der Waals surface area contributed by atoms with Crippen LogP contribution in [0.1, 0.15) is 58.2 Å². The Morgan fingerprint density at radius 1 is 0.750 bits per heavy atom. The van der Waals surface area contributed by atoms with Gasteiger partial charge in [0.1, 0.15) is 4.90 Å². The van der Waals surface area contributed by atoms with Crippen LogP contribution in [0.25, 0.3) is 22.3 Å². The number of hydrogen-bond acceptors (Lipinski definition) is 2. The summed E-state index contributed by atoms with van der Waals surface area (Å²) in [6.07, 6.45) is 0. The van der Waals surface area contributed by atoms with Crippen molar-refractivity contribution in [3.8, 4) is 22.3 Å². The summed E-state index contributed by atoms with van der Waals surface area (Å²) in [5, 5.41) is 0. The molecule has 3 aromatic carbocycles. The highest BCUT2D eigenvalue weighted by molar-refractivity contribution is 14.1. The second kappa shape index (κ2) is 8.58. The first-order chi connectivity index (χ1) is 14.6. The van der Waals surface area contributed by atoms with Gasteiger partial charge in [-0.1, -0.05) is 90.1 Å². The minimum atomic E-state index is -4.36. The van der Waals surface area contributed by atoms with E-state index in [1.807, 2.05) is 18.2 Å². The zero-order valence-corrected chi connectivity index (χ0v) is 22.7. The number of hydrogen-bond donors (Lipinski definition) is 1. The van der Waals surface area contributed by atoms with Gasteiger partial charge in [-0.3, -0.25) is 4.55 Å². The molecule has 0 amide bonds. The zero-order chi connectivity index (χ0) is 24.1. The van der Waals surface area contributed by atoms with Gasteiger partial charge >= 0.3 is 0 Å². The summed E-state index contributed by atoms with van der Waals surface area (Å²) < 4.78 is 34.9. The van der Waals surface area contributed by atoms with E-state index in [2.05, 4.69) is 101 Å². The minimum absolute atomic E-state index is 0.0180. The SMILES string of the molecule is Cc1cc(-c2ccc(C(C)(C)C)cc2)c(-c2ccc(C(C)(C)C)cc2)c(I)c1S(=O)(=O)O. The van der Waals surface area contributed by atoms with Gasteiger partial charge in [-0.15, -0.1) is 0 Å². The van der Waals surface area contributed by atoms with Crippen LogP contribution < -0.4 is 0 Å². The van der Waals surface area contributed by atoms with Crippen molar-refractivity contribution in [2.75, 3.05) is 0 Å². The van der Waals surface area contributed by atoms with Crippen LogP contribution in [0.4, 0.5) is 0 Å². The van der Waals surface area contributed by atoms with E-state index in [9.17, 15) is 13.0 Å². The van der Waals surface area contributed by atoms with Crippen LogP contribution in [0, 0.1) is 10.5 Å². The Labute approximate surface area is 206 Å². The van der Waals surface area contributed by atoms with Gasteiger partial charge in [0.05, 0.1) is 0 Å². The maximum Gasteiger partial charge on any atom is 0.295 e. The lowest BCUT2D eigenvalue weighted by Gasteiger charge is -2.22. The number of benzene rings is 3. The smallest absolute Gasteiger partial charge is 0.282 e. The van der Waals surface area contributed by atoms with Crippen LogP contribution in [0.3, 0.4) is 0 Å². The van der Waals surface area contributed by atoms with Crippen LogP contribution in [0.5, 0.6) is 0 Å². The summed E-state index contributed by atoms with van der Waals surface area (Å²) in [4.78, 5) is -0.0249. The largest absolute Gasteiger partial charge is 0.295 e. The number of aryl methyl sites for hydroxylation is 1. The van der Waals surface area contributed by atoms with Crippen LogP contribution in [-0.4, -0.2) is 13.0 Å². The number of halogens is 1. The summed E-state index contributed by atoms with van der Waals surface area (Å²) in [6, 6.07) is 18.5. The Kier molecular flexibility index (Phi) is 6.68. The molecule has 0 fully saturated rings. The summed E-state index contributed by atoms with van der Waals surface area (Å²) in [5.74, 6) is 0. The van der Waals surface area contributed by atoms with Crippen molar-refractivity contribution in [1.29, 1.82) is 0 Å². The summed E-state index contributed by atoms with van der Waals surface area (Å²) in [6.45, 7) is 14.8. The summed E-state index contributed by atoms with van der Waals surface area (Å²) >= 11 is 2.05. The van der Waals surface area contributed by atoms with Crippen molar-refractivity contribution >= 4 is 32.7 Å². The quantitative estimate of drug-likeness (QED) is 0.262. The first-order valence-corrected chi connectivity index (χ1v) is 13.1. The van der Waals surface area contributed by atoms with E-state index in [1.165, 1.54) is 11.1 Å². The van der Waals surface area contributed by atoms with E-state index in [0.29, 0.717) is 9.13 Å². The highest BCUT2D eigenvalue weighted by Crippen LogP contribution is 2.41. The summed E-state index contributed by atoms with van der Waals surface area (Å²) in [7, 11) is -4.36. The molecule has 0 bridgehead atoms. The van der Waals surface area contributed by atoms with Crippen molar-refractivity contribution in [1.82, 2.24) is 0 Å². The third-order valence-electron chi connectivity index (χ3n) is 5.77. The monoisotopic (exact) mass is 562 g/mol. The molecule has 3 aromatic rings. The third kappa shape index (κ3) is 5.10. The molecule has 0 aromatic heterocycles. The average molecular weight is 563 g/mol. The molecule has 0 aliphatic carbocycles. The molecule has 0 aliphatic rings. The van der Waals surface area contributed by atoms with E-state index in [1.54, 1.807) is 6.92 Å². The Bertz CT molecular complexity index is 1240. The zero-order valence-electron chi connectivity index (χ0n) is 19.7. The van der Waals surface area contributed by atoms with Crippen LogP contribution in [0.2, 0.25) is 0 Å². The van der Waals surface area contributed by atoms with Crippen LogP contribution in [0.15, 0.2) is 59.5 Å². The van der Waals surface area contributed by atoms with E-state index in [4.69, 9.17) is 0 Å². The molecule has 0 unspecified atom stereocenters. The maximum atomic E-state index is 12.2. The molecule has 0 saturated heterocycles. The second-order valence-corrected chi connectivity index (χ2v) is 12.8. The minimum Gasteiger partial charge on any atom is -0.282 e. The average Bonchev–Trinajstić information content (AvgIpc) is 2.65. The molecule has 0 aliphatic heterocycles. The normalized spacial score (nSPS) is 12.8. The molecule has 3 nitrogen and oxygen atoms in total. The van der Waals surface area contributed by atoms with E-state index in [0.717, 1.165) is 22.3 Å². The van der Waals surface area contributed by atoms with Gasteiger partial charge in [0, 0.05) is 9.13 Å². The van der Waals surface area contributed by atoms with E-state index >= 15 is 0 Å². The molecule has 0 atom stereocenters. The van der Waals surface area contributed by atoms with Gasteiger partial charge in [-0.25, -0.2) is 0 Å². The predicted molar refractivity (Wildman–Crippen MR) is 142 cm³/mol. The first kappa shape index (κ1) is 24.9. The van der Waals surface area contributed by atoms with Crippen molar-refractivity contribution in [3.63, 3.8) is 0 Å². The Morgan fingerprint density at radius 3 is 1.53 bits per heavy atom. The second-order valence-electron chi connectivity index (χ2n) is 10.4. The van der Waals surface area contributed by atoms with Crippen molar-refractivity contribution in [2.24, 2.45) is 0 Å². The van der Waals surface area contributed by atoms with Crippen LogP contribution in [-0.2, 0) is 20.9 Å². The van der Waals surface area contributed by atoms with Crippen molar-refractivity contribution in [3.05, 3.63) is 74.9 Å². The molecule has 0 radical (unpaired) electrons. The molecule has 170 valence electrons. The first-order valence-electron chi connectivity index (χ1n) is 10.6. The van der Waals surface area contributed by atoms with Crippen molar-refractivity contribution < 1.29 is 13.0 Å². The lowest BCUT2D eigenvalue weighted by molar-refractivity contribution is 0.482. The molecular formula is C27H31IO3S. The van der Waals surface area contributed by atoms with Crippen molar-refractivity contribution in [2.45, 2.75) is 64.2 Å². The lowest BCUT2D eigenvalue weighted by Crippen LogP contribution is -2.11. The van der Waals surface area contributed by atoms with Gasteiger partial charge in [-0.2, -0.15) is 8.42 Å². The molecule has 5 heteroatoms. The van der Waals surface area contributed by atoms with Gasteiger partial charge in [0.25, 0.3) is 10.1 Å². The molecule has 0 spiro atoms. The van der Waals surface area contributed by atoms with E-state index in [-0.39, 0.29) is 15.7 Å². The molecule has 32 heavy (non-hydrogen) atoms. The Balaban J connectivity index is 2.31. The van der Waals surface area contributed by atoms with Crippen LogP contribution >= 0.6 is 22.6 Å². The van der Waals surface area contributed by atoms with E-state index < -0.39 is 10.1 Å². The Hall–Kier alpha value is -1.70. The summed E-state index contributed by atoms with van der Waals surface area (Å²) in [5.41, 5.74) is 6.72. The van der Waals surface area contributed by atoms with Gasteiger partial charge in [0.2, 0.25) is 0 Å². The Morgan fingerprint density at radius 2 is 1.16 bits per heavy atom. The maximum absolute atomic E-state index is 12.2. The molecule has 0 heterocycles. The molecule has 3 rings (SSSR count). The molecule has 1 N–H and O–H groups in total. The fourth-order valence-electron chi connectivity index (χ4n) is 3.87. The van der Waals surface area contributed by atoms with Gasteiger partial charge < -0.3 is 0 Å². The van der Waals surface area contributed by atoms with Gasteiger partial charge in [-0.05, 0) is 79.8 Å². The fourth-order valence-corrected chi connectivity index (χ4v) is 6.53. The predicted octanol–water partition coefficient (Wildman–Crippen LogP) is 7.78. The topological polar surface area (TPSA) is 54.4 Å². The lowest BCUT2D eigenvalue weighted by atomic mass is 9.84. The third-order valence-corrected chi connectivity index (χ3v) is 8.25. The molecular weight excluding hydrogens is 531 g/mol. The highest BCUT2D eigenvalue weighted by Gasteiger charge is 2.25. The fraction of sp³-hybridized carbons (Fsp3) is 0.333. The highest BCUT2D eigenvalue weighted by atomic mass is 127. The number of rotatable bonds is 3. The van der Waals surface area contributed by atoms with Gasteiger partial charge in [0.15, 0.2) is 0 Å².